The minimum atomic E-state index is -0.924. The number of carboxylic acid groups (broad SMARTS) is 1. The first-order valence-corrected chi connectivity index (χ1v) is 10.8. The zero-order valence-corrected chi connectivity index (χ0v) is 18.1. The molecular weight excluding hydrogens is 336 g/mol. The molecule has 3 nitrogen and oxygen atoms in total. The van der Waals surface area contributed by atoms with Crippen LogP contribution in [0.5, 0.6) is 5.75 Å². The number of benzene rings is 1. The van der Waals surface area contributed by atoms with Gasteiger partial charge in [0.15, 0.2) is 0 Å². The molecule has 0 bridgehead atoms. The topological polar surface area (TPSA) is 46.5 Å². The van der Waals surface area contributed by atoms with Crippen molar-refractivity contribution >= 4 is 5.97 Å². The number of rotatable bonds is 14. The van der Waals surface area contributed by atoms with Crippen molar-refractivity contribution < 1.29 is 14.6 Å². The molecule has 1 N–H and O–H groups in total. The van der Waals surface area contributed by atoms with Gasteiger partial charge in [-0.3, -0.25) is 0 Å². The van der Waals surface area contributed by atoms with Crippen LogP contribution in [-0.2, 0) is 0 Å². The van der Waals surface area contributed by atoms with Crippen molar-refractivity contribution in [1.29, 1.82) is 0 Å². The average Bonchev–Trinajstić information content (AvgIpc) is 2.59. The van der Waals surface area contributed by atoms with Gasteiger partial charge in [-0.25, -0.2) is 4.79 Å². The van der Waals surface area contributed by atoms with Gasteiger partial charge in [-0.2, -0.15) is 0 Å². The van der Waals surface area contributed by atoms with Gasteiger partial charge in [-0.05, 0) is 55.6 Å². The Labute approximate surface area is 166 Å². The van der Waals surface area contributed by atoms with E-state index in [0.29, 0.717) is 5.75 Å². The molecule has 1 aromatic carbocycles. The van der Waals surface area contributed by atoms with Crippen molar-refractivity contribution in [3.05, 3.63) is 29.8 Å². The van der Waals surface area contributed by atoms with Gasteiger partial charge < -0.3 is 9.84 Å². The van der Waals surface area contributed by atoms with Crippen molar-refractivity contribution in [2.75, 3.05) is 0 Å². The zero-order chi connectivity index (χ0) is 20.3. The Morgan fingerprint density at radius 2 is 1.78 bits per heavy atom. The highest BCUT2D eigenvalue weighted by Gasteiger charge is 2.24. The lowest BCUT2D eigenvalue weighted by molar-refractivity contribution is 0.0685. The Morgan fingerprint density at radius 1 is 1.07 bits per heavy atom. The fourth-order valence-corrected chi connectivity index (χ4v) is 4.00. The van der Waals surface area contributed by atoms with Gasteiger partial charge in [0.05, 0.1) is 6.10 Å². The number of para-hydroxylation sites is 1. The Bertz CT molecular complexity index is 550. The summed E-state index contributed by atoms with van der Waals surface area (Å²) in [5, 5.41) is 9.42. The van der Waals surface area contributed by atoms with Gasteiger partial charge >= 0.3 is 5.97 Å². The SMILES string of the molecule is CCCCCC(CCC(C)(C)CC(C)CCC)Oc1ccccc1C(=O)O. The molecule has 0 saturated heterocycles. The summed E-state index contributed by atoms with van der Waals surface area (Å²) in [6.45, 7) is 11.5. The first kappa shape index (κ1) is 23.5. The predicted molar refractivity (Wildman–Crippen MR) is 114 cm³/mol. The smallest absolute Gasteiger partial charge is 0.339 e. The van der Waals surface area contributed by atoms with E-state index in [1.54, 1.807) is 18.2 Å². The average molecular weight is 377 g/mol. The fraction of sp³-hybridized carbons (Fsp3) is 0.708. The van der Waals surface area contributed by atoms with Crippen molar-refractivity contribution in [3.8, 4) is 5.75 Å². The Balaban J connectivity index is 2.75. The number of carboxylic acids is 1. The zero-order valence-electron chi connectivity index (χ0n) is 18.1. The largest absolute Gasteiger partial charge is 0.490 e. The fourth-order valence-electron chi connectivity index (χ4n) is 4.00. The molecule has 1 aromatic rings. The summed E-state index contributed by atoms with van der Waals surface area (Å²) in [5.74, 6) is 0.326. The van der Waals surface area contributed by atoms with Crippen LogP contribution in [0.25, 0.3) is 0 Å². The van der Waals surface area contributed by atoms with Crippen LogP contribution in [0.2, 0.25) is 0 Å². The van der Waals surface area contributed by atoms with Crippen molar-refractivity contribution in [3.63, 3.8) is 0 Å². The van der Waals surface area contributed by atoms with Crippen LogP contribution in [0.4, 0.5) is 0 Å². The summed E-state index contributed by atoms with van der Waals surface area (Å²) < 4.78 is 6.22. The van der Waals surface area contributed by atoms with E-state index < -0.39 is 5.97 Å². The first-order chi connectivity index (χ1) is 12.8. The van der Waals surface area contributed by atoms with Gasteiger partial charge in [0.1, 0.15) is 11.3 Å². The maximum absolute atomic E-state index is 11.5. The number of hydrogen-bond acceptors (Lipinski definition) is 2. The molecule has 0 aliphatic heterocycles. The third kappa shape index (κ3) is 9.30. The van der Waals surface area contributed by atoms with Crippen LogP contribution in [0.15, 0.2) is 24.3 Å². The van der Waals surface area contributed by atoms with Crippen molar-refractivity contribution in [2.24, 2.45) is 11.3 Å². The minimum absolute atomic E-state index is 0.0813. The third-order valence-electron chi connectivity index (χ3n) is 5.37. The monoisotopic (exact) mass is 376 g/mol. The number of carbonyl (C=O) groups is 1. The van der Waals surface area contributed by atoms with Gasteiger partial charge in [-0.15, -0.1) is 0 Å². The molecule has 0 saturated carbocycles. The molecule has 3 heteroatoms. The Hall–Kier alpha value is -1.51. The lowest BCUT2D eigenvalue weighted by Gasteiger charge is -2.30. The summed E-state index contributed by atoms with van der Waals surface area (Å²) in [5.41, 5.74) is 0.543. The van der Waals surface area contributed by atoms with E-state index in [9.17, 15) is 9.90 Å². The van der Waals surface area contributed by atoms with E-state index in [4.69, 9.17) is 4.74 Å². The molecule has 0 fully saturated rings. The quantitative estimate of drug-likeness (QED) is 0.345. The predicted octanol–water partition coefficient (Wildman–Crippen LogP) is 7.35. The van der Waals surface area contributed by atoms with Crippen LogP contribution in [-0.4, -0.2) is 17.2 Å². The molecule has 0 spiro atoms. The molecule has 27 heavy (non-hydrogen) atoms. The number of unbranched alkanes of at least 4 members (excludes halogenated alkanes) is 2. The summed E-state index contributed by atoms with van der Waals surface area (Å²) in [4.78, 5) is 11.5. The van der Waals surface area contributed by atoms with E-state index in [0.717, 1.165) is 31.6 Å². The van der Waals surface area contributed by atoms with Gasteiger partial charge in [0.25, 0.3) is 0 Å². The molecule has 2 unspecified atom stereocenters. The molecule has 0 heterocycles. The van der Waals surface area contributed by atoms with Crippen molar-refractivity contribution in [2.45, 2.75) is 98.5 Å². The highest BCUT2D eigenvalue weighted by molar-refractivity contribution is 5.90. The van der Waals surface area contributed by atoms with Crippen LogP contribution >= 0.6 is 0 Å². The standard InChI is InChI=1S/C24H40O3/c1-6-8-9-13-20(16-17-24(4,5)18-19(3)12-7-2)27-22-15-11-10-14-21(22)23(25)26/h10-11,14-15,19-20H,6-9,12-13,16-18H2,1-5H3,(H,25,26). The lowest BCUT2D eigenvalue weighted by Crippen LogP contribution is -2.23. The van der Waals surface area contributed by atoms with Gasteiger partial charge in [0.2, 0.25) is 0 Å². The molecule has 1 rings (SSSR count). The van der Waals surface area contributed by atoms with Crippen LogP contribution in [0.1, 0.15) is 103 Å². The van der Waals surface area contributed by atoms with Gasteiger partial charge in [-0.1, -0.05) is 72.4 Å². The summed E-state index contributed by atoms with van der Waals surface area (Å²) >= 11 is 0. The normalized spacial score (nSPS) is 14.0. The molecule has 2 atom stereocenters. The van der Waals surface area contributed by atoms with Gasteiger partial charge in [0, 0.05) is 0 Å². The van der Waals surface area contributed by atoms with E-state index in [1.807, 2.05) is 6.07 Å². The molecule has 0 aliphatic carbocycles. The minimum Gasteiger partial charge on any atom is -0.490 e. The maximum Gasteiger partial charge on any atom is 0.339 e. The first-order valence-electron chi connectivity index (χ1n) is 10.8. The number of ether oxygens (including phenoxy) is 1. The summed E-state index contributed by atoms with van der Waals surface area (Å²) in [7, 11) is 0. The summed E-state index contributed by atoms with van der Waals surface area (Å²) in [6, 6.07) is 7.00. The highest BCUT2D eigenvalue weighted by atomic mass is 16.5. The second-order valence-corrected chi connectivity index (χ2v) is 8.84. The second kappa shape index (κ2) is 12.0. The highest BCUT2D eigenvalue weighted by Crippen LogP contribution is 2.34. The third-order valence-corrected chi connectivity index (χ3v) is 5.37. The molecular formula is C24H40O3. The molecule has 154 valence electrons. The number of hydrogen-bond donors (Lipinski definition) is 1. The van der Waals surface area contributed by atoms with E-state index in [2.05, 4.69) is 34.6 Å². The van der Waals surface area contributed by atoms with Crippen LogP contribution < -0.4 is 4.74 Å². The molecule has 0 radical (unpaired) electrons. The van der Waals surface area contributed by atoms with Crippen LogP contribution in [0, 0.1) is 11.3 Å². The number of aromatic carboxylic acids is 1. The maximum atomic E-state index is 11.5. The van der Waals surface area contributed by atoms with Crippen molar-refractivity contribution in [1.82, 2.24) is 0 Å². The summed E-state index contributed by atoms with van der Waals surface area (Å²) in [6.07, 6.45) is 10.4. The molecule has 0 amide bonds. The lowest BCUT2D eigenvalue weighted by atomic mass is 9.78. The van der Waals surface area contributed by atoms with E-state index >= 15 is 0 Å². The molecule has 0 aromatic heterocycles. The molecule has 0 aliphatic rings. The van der Waals surface area contributed by atoms with E-state index in [-0.39, 0.29) is 17.1 Å². The Morgan fingerprint density at radius 3 is 2.41 bits per heavy atom. The van der Waals surface area contributed by atoms with Crippen LogP contribution in [0.3, 0.4) is 0 Å². The second-order valence-electron chi connectivity index (χ2n) is 8.84. The van der Waals surface area contributed by atoms with E-state index in [1.165, 1.54) is 32.1 Å². The Kier molecular flexibility index (Phi) is 10.5.